The monoisotopic (exact) mass is 550 g/mol. The van der Waals surface area contributed by atoms with Crippen molar-refractivity contribution in [1.29, 1.82) is 0 Å². The van der Waals surface area contributed by atoms with E-state index in [1.54, 1.807) is 6.26 Å². The Labute approximate surface area is 245 Å². The Morgan fingerprint density at radius 2 is 0.814 bits per heavy atom. The van der Waals surface area contributed by atoms with E-state index in [1.807, 2.05) is 24.3 Å². The normalized spacial score (nSPS) is 12.2. The quantitative estimate of drug-likeness (QED) is 0.201. The zero-order valence-electron chi connectivity index (χ0n) is 22.9. The Bertz CT molecular complexity index is 2680. The second-order valence-corrected chi connectivity index (χ2v) is 11.3. The maximum Gasteiger partial charge on any atom is 0.139 e. The van der Waals surface area contributed by atoms with Gasteiger partial charge in [-0.1, -0.05) is 78.9 Å². The van der Waals surface area contributed by atoms with Crippen molar-refractivity contribution in [1.82, 2.24) is 0 Å². The van der Waals surface area contributed by atoms with Crippen LogP contribution in [0.3, 0.4) is 0 Å². The highest BCUT2D eigenvalue weighted by Gasteiger charge is 2.19. The van der Waals surface area contributed by atoms with Crippen LogP contribution >= 0.6 is 0 Å². The predicted molar refractivity (Wildman–Crippen MR) is 177 cm³/mol. The van der Waals surface area contributed by atoms with E-state index in [2.05, 4.69) is 103 Å². The lowest BCUT2D eigenvalue weighted by Gasteiger charge is -2.17. The fourth-order valence-electron chi connectivity index (χ4n) is 7.02. The molecule has 7 aromatic carbocycles. The highest BCUT2D eigenvalue weighted by Crippen LogP contribution is 2.45. The molecule has 3 nitrogen and oxygen atoms in total. The Kier molecular flexibility index (Phi) is 4.45. The van der Waals surface area contributed by atoms with Crippen molar-refractivity contribution < 1.29 is 13.3 Å². The molecule has 0 fully saturated rings. The molecule has 3 heterocycles. The molecule has 3 aromatic heterocycles. The van der Waals surface area contributed by atoms with Crippen molar-refractivity contribution in [3.8, 4) is 22.3 Å². The minimum Gasteiger partial charge on any atom is -0.464 e. The van der Waals surface area contributed by atoms with Crippen molar-refractivity contribution in [3.63, 3.8) is 0 Å². The molecule has 0 amide bonds. The van der Waals surface area contributed by atoms with Crippen molar-refractivity contribution >= 4 is 76.4 Å². The number of benzene rings is 7. The van der Waals surface area contributed by atoms with E-state index < -0.39 is 0 Å². The van der Waals surface area contributed by atoms with E-state index in [0.29, 0.717) is 0 Å². The first-order valence-corrected chi connectivity index (χ1v) is 14.5. The molecule has 3 heteroatoms. The average Bonchev–Trinajstić information content (AvgIpc) is 3.76. The smallest absolute Gasteiger partial charge is 0.139 e. The third kappa shape index (κ3) is 3.19. The van der Waals surface area contributed by atoms with Gasteiger partial charge < -0.3 is 13.3 Å². The average molecular weight is 551 g/mol. The molecule has 0 spiro atoms. The van der Waals surface area contributed by atoms with Gasteiger partial charge in [0, 0.05) is 33.0 Å². The molecule has 0 bridgehead atoms. The molecule has 10 rings (SSSR count). The van der Waals surface area contributed by atoms with Gasteiger partial charge >= 0.3 is 0 Å². The Morgan fingerprint density at radius 1 is 0.326 bits per heavy atom. The van der Waals surface area contributed by atoms with Crippen LogP contribution in [0.5, 0.6) is 0 Å². The molecule has 0 N–H and O–H groups in total. The van der Waals surface area contributed by atoms with Crippen LogP contribution in [0.2, 0.25) is 0 Å². The van der Waals surface area contributed by atoms with E-state index in [4.69, 9.17) is 13.3 Å². The molecule has 0 aliphatic rings. The van der Waals surface area contributed by atoms with E-state index in [0.717, 1.165) is 60.4 Å². The highest BCUT2D eigenvalue weighted by molar-refractivity contribution is 6.23. The lowest BCUT2D eigenvalue weighted by atomic mass is 9.85. The summed E-state index contributed by atoms with van der Waals surface area (Å²) < 4.78 is 18.1. The predicted octanol–water partition coefficient (Wildman–Crippen LogP) is 11.9. The van der Waals surface area contributed by atoms with Crippen LogP contribution < -0.4 is 0 Å². The van der Waals surface area contributed by atoms with Crippen molar-refractivity contribution in [2.45, 2.75) is 0 Å². The van der Waals surface area contributed by atoms with Gasteiger partial charge in [0.15, 0.2) is 0 Å². The number of furan rings is 3. The summed E-state index contributed by atoms with van der Waals surface area (Å²) in [7, 11) is 0. The minimum absolute atomic E-state index is 0.834. The molecule has 200 valence electrons. The van der Waals surface area contributed by atoms with Gasteiger partial charge in [0.25, 0.3) is 0 Å². The molecule has 0 aliphatic heterocycles. The summed E-state index contributed by atoms with van der Waals surface area (Å²) in [5, 5.41) is 10.4. The number of hydrogen-bond acceptors (Lipinski definition) is 3. The van der Waals surface area contributed by atoms with E-state index in [1.165, 1.54) is 38.2 Å². The third-order valence-corrected chi connectivity index (χ3v) is 8.93. The fourth-order valence-corrected chi connectivity index (χ4v) is 7.02. The molecule has 0 saturated carbocycles. The largest absolute Gasteiger partial charge is 0.464 e. The molecule has 0 atom stereocenters. The van der Waals surface area contributed by atoms with Gasteiger partial charge in [-0.3, -0.25) is 0 Å². The molecule has 0 unspecified atom stereocenters. The SMILES string of the molecule is c1ccc2c(c1)oc1ccc(-c3c4ccccc4c(-c4ccc5oc6cc7occc7cc6c5c4)c4ccccc34)cc12. The summed E-state index contributed by atoms with van der Waals surface area (Å²) in [4.78, 5) is 0. The van der Waals surface area contributed by atoms with Crippen LogP contribution in [0.25, 0.3) is 98.6 Å². The zero-order valence-corrected chi connectivity index (χ0v) is 22.9. The zero-order chi connectivity index (χ0) is 28.1. The summed E-state index contributed by atoms with van der Waals surface area (Å²) in [6, 6.07) is 45.1. The first-order chi connectivity index (χ1) is 21.3. The first kappa shape index (κ1) is 22.8. The number of para-hydroxylation sites is 1. The van der Waals surface area contributed by atoms with Gasteiger partial charge in [-0.05, 0) is 86.3 Å². The van der Waals surface area contributed by atoms with Crippen LogP contribution in [0.15, 0.2) is 147 Å². The summed E-state index contributed by atoms with van der Waals surface area (Å²) in [6.07, 6.45) is 1.73. The number of rotatable bonds is 2. The first-order valence-electron chi connectivity index (χ1n) is 14.5. The molecular weight excluding hydrogens is 528 g/mol. The lowest BCUT2D eigenvalue weighted by molar-refractivity contribution is 0.613. The molecule has 43 heavy (non-hydrogen) atoms. The van der Waals surface area contributed by atoms with Crippen LogP contribution in [0, 0.1) is 0 Å². The van der Waals surface area contributed by atoms with Gasteiger partial charge in [0.1, 0.15) is 27.9 Å². The van der Waals surface area contributed by atoms with Gasteiger partial charge in [-0.15, -0.1) is 0 Å². The van der Waals surface area contributed by atoms with E-state index in [-0.39, 0.29) is 0 Å². The fraction of sp³-hybridized carbons (Fsp3) is 0. The molecule has 0 saturated heterocycles. The molecule has 10 aromatic rings. The molecule has 0 aliphatic carbocycles. The second kappa shape index (κ2) is 8.37. The second-order valence-electron chi connectivity index (χ2n) is 11.3. The van der Waals surface area contributed by atoms with Crippen LogP contribution in [-0.2, 0) is 0 Å². The maximum absolute atomic E-state index is 6.26. The van der Waals surface area contributed by atoms with Crippen molar-refractivity contribution in [2.75, 3.05) is 0 Å². The molecular formula is C40H22O3. The van der Waals surface area contributed by atoms with Crippen molar-refractivity contribution in [2.24, 2.45) is 0 Å². The Hall–Kier alpha value is -5.80. The summed E-state index contributed by atoms with van der Waals surface area (Å²) in [5.74, 6) is 0. The Morgan fingerprint density at radius 3 is 1.44 bits per heavy atom. The van der Waals surface area contributed by atoms with E-state index >= 15 is 0 Å². The standard InChI is InChI=1S/C40H22O3/c1-3-10-29-27(8-1)39(24-13-15-35-31(20-24)26-7-5-6-12-34(26)42-35)28-9-2-4-11-30(28)40(29)25-14-16-36-32(21-25)33-19-23-17-18-41-37(23)22-38(33)43-36/h1-22H. The summed E-state index contributed by atoms with van der Waals surface area (Å²) in [5.41, 5.74) is 9.17. The number of hydrogen-bond donors (Lipinski definition) is 0. The van der Waals surface area contributed by atoms with Crippen LogP contribution in [0.1, 0.15) is 0 Å². The van der Waals surface area contributed by atoms with E-state index in [9.17, 15) is 0 Å². The van der Waals surface area contributed by atoms with Gasteiger partial charge in [0.2, 0.25) is 0 Å². The maximum atomic E-state index is 6.26. The molecule has 0 radical (unpaired) electrons. The van der Waals surface area contributed by atoms with Crippen molar-refractivity contribution in [3.05, 3.63) is 134 Å². The summed E-state index contributed by atoms with van der Waals surface area (Å²) >= 11 is 0. The lowest BCUT2D eigenvalue weighted by Crippen LogP contribution is -1.90. The van der Waals surface area contributed by atoms with Gasteiger partial charge in [-0.2, -0.15) is 0 Å². The minimum atomic E-state index is 0.834. The number of fused-ring (bicyclic) bond motifs is 9. The van der Waals surface area contributed by atoms with Crippen LogP contribution in [0.4, 0.5) is 0 Å². The van der Waals surface area contributed by atoms with Gasteiger partial charge in [0.05, 0.1) is 6.26 Å². The third-order valence-electron chi connectivity index (χ3n) is 8.93. The van der Waals surface area contributed by atoms with Crippen LogP contribution in [-0.4, -0.2) is 0 Å². The van der Waals surface area contributed by atoms with Gasteiger partial charge in [-0.25, -0.2) is 0 Å². The topological polar surface area (TPSA) is 39.4 Å². The highest BCUT2D eigenvalue weighted by atomic mass is 16.3. The summed E-state index contributed by atoms with van der Waals surface area (Å²) in [6.45, 7) is 0. The Balaban J connectivity index is 1.28.